The highest BCUT2D eigenvalue weighted by Crippen LogP contribution is 2.38. The van der Waals surface area contributed by atoms with Crippen LogP contribution in [0.3, 0.4) is 0 Å². The van der Waals surface area contributed by atoms with Crippen LogP contribution in [-0.4, -0.2) is 12.2 Å². The van der Waals surface area contributed by atoms with Gasteiger partial charge in [-0.05, 0) is 42.8 Å². The lowest BCUT2D eigenvalue weighted by atomic mass is 10.1. The van der Waals surface area contributed by atoms with E-state index in [-0.39, 0.29) is 5.82 Å². The first-order valence-electron chi connectivity index (χ1n) is 5.90. The van der Waals surface area contributed by atoms with Gasteiger partial charge in [0.25, 0.3) is 0 Å². The Morgan fingerprint density at radius 1 is 1.16 bits per heavy atom. The Kier molecular flexibility index (Phi) is 4.45. The predicted octanol–water partition coefficient (Wildman–Crippen LogP) is 4.04. The predicted molar refractivity (Wildman–Crippen MR) is 74.2 cm³/mol. The molecule has 0 saturated carbocycles. The number of aliphatic hydroxyl groups excluding tert-OH is 1. The number of hydrogen-bond donors (Lipinski definition) is 1. The summed E-state index contributed by atoms with van der Waals surface area (Å²) in [7, 11) is 1.61. The van der Waals surface area contributed by atoms with E-state index in [9.17, 15) is 9.50 Å². The molecule has 0 aliphatic carbocycles. The molecule has 0 radical (unpaired) electrons. The summed E-state index contributed by atoms with van der Waals surface area (Å²) >= 11 is 1.45. The van der Waals surface area contributed by atoms with E-state index < -0.39 is 6.10 Å². The molecule has 0 aromatic heterocycles. The van der Waals surface area contributed by atoms with Crippen LogP contribution in [0.15, 0.2) is 52.3 Å². The smallest absolute Gasteiger partial charge is 0.132 e. The molecule has 0 amide bonds. The third kappa shape index (κ3) is 3.28. The van der Waals surface area contributed by atoms with Gasteiger partial charge in [-0.15, -0.1) is 0 Å². The molecule has 0 saturated heterocycles. The van der Waals surface area contributed by atoms with Crippen molar-refractivity contribution in [1.82, 2.24) is 0 Å². The van der Waals surface area contributed by atoms with Crippen molar-refractivity contribution in [3.05, 3.63) is 53.8 Å². The van der Waals surface area contributed by atoms with Crippen molar-refractivity contribution in [1.29, 1.82) is 0 Å². The number of methoxy groups -OCH3 is 1. The van der Waals surface area contributed by atoms with Crippen molar-refractivity contribution in [2.75, 3.05) is 7.11 Å². The number of para-hydroxylation sites is 1. The van der Waals surface area contributed by atoms with Crippen LogP contribution in [0.4, 0.5) is 4.39 Å². The minimum Gasteiger partial charge on any atom is -0.496 e. The van der Waals surface area contributed by atoms with Gasteiger partial charge in [-0.2, -0.15) is 0 Å². The molecule has 2 aromatic rings. The molecular formula is C15H15FO2S. The van der Waals surface area contributed by atoms with Crippen LogP contribution in [0.5, 0.6) is 5.75 Å². The van der Waals surface area contributed by atoms with E-state index in [2.05, 4.69) is 0 Å². The highest BCUT2D eigenvalue weighted by atomic mass is 32.2. The van der Waals surface area contributed by atoms with Crippen molar-refractivity contribution in [3.8, 4) is 5.75 Å². The lowest BCUT2D eigenvalue weighted by Crippen LogP contribution is -1.95. The van der Waals surface area contributed by atoms with Crippen LogP contribution in [0.1, 0.15) is 18.6 Å². The van der Waals surface area contributed by atoms with Crippen LogP contribution in [-0.2, 0) is 0 Å². The second kappa shape index (κ2) is 6.08. The van der Waals surface area contributed by atoms with Gasteiger partial charge in [0.15, 0.2) is 0 Å². The van der Waals surface area contributed by atoms with Crippen molar-refractivity contribution < 1.29 is 14.2 Å². The van der Waals surface area contributed by atoms with Crippen LogP contribution in [0.25, 0.3) is 0 Å². The normalized spacial score (nSPS) is 12.2. The molecule has 100 valence electrons. The molecule has 1 atom stereocenters. The molecule has 0 unspecified atom stereocenters. The van der Waals surface area contributed by atoms with E-state index in [0.29, 0.717) is 5.56 Å². The molecule has 0 heterocycles. The fraction of sp³-hybridized carbons (Fsp3) is 0.200. The van der Waals surface area contributed by atoms with Crippen molar-refractivity contribution in [2.45, 2.75) is 22.8 Å². The zero-order valence-electron chi connectivity index (χ0n) is 10.8. The fourth-order valence-electron chi connectivity index (χ4n) is 1.76. The summed E-state index contributed by atoms with van der Waals surface area (Å²) < 4.78 is 18.5. The maximum absolute atomic E-state index is 13.2. The molecule has 2 aromatic carbocycles. The largest absolute Gasteiger partial charge is 0.496 e. The van der Waals surface area contributed by atoms with Crippen LogP contribution < -0.4 is 4.74 Å². The van der Waals surface area contributed by atoms with Gasteiger partial charge < -0.3 is 9.84 Å². The summed E-state index contributed by atoms with van der Waals surface area (Å²) in [6, 6.07) is 12.0. The Bertz CT molecular complexity index is 570. The molecule has 1 N–H and O–H groups in total. The number of aliphatic hydroxyl groups is 1. The Hall–Kier alpha value is -1.52. The molecule has 0 aliphatic heterocycles. The van der Waals surface area contributed by atoms with Gasteiger partial charge in [-0.1, -0.05) is 23.9 Å². The van der Waals surface area contributed by atoms with Gasteiger partial charge in [0, 0.05) is 4.90 Å². The minimum atomic E-state index is -0.715. The Morgan fingerprint density at radius 2 is 1.89 bits per heavy atom. The molecular weight excluding hydrogens is 263 g/mol. The summed E-state index contributed by atoms with van der Waals surface area (Å²) in [5.74, 6) is 0.411. The molecule has 0 bridgehead atoms. The SMILES string of the molecule is COc1ccccc1Sc1ccc(F)cc1[C@H](C)O. The van der Waals surface area contributed by atoms with Gasteiger partial charge >= 0.3 is 0 Å². The fourth-order valence-corrected chi connectivity index (χ4v) is 2.88. The first-order valence-corrected chi connectivity index (χ1v) is 6.72. The van der Waals surface area contributed by atoms with Crippen molar-refractivity contribution in [2.24, 2.45) is 0 Å². The number of rotatable bonds is 4. The van der Waals surface area contributed by atoms with Crippen molar-refractivity contribution in [3.63, 3.8) is 0 Å². The lowest BCUT2D eigenvalue weighted by Gasteiger charge is -2.13. The van der Waals surface area contributed by atoms with Crippen LogP contribution in [0, 0.1) is 5.82 Å². The monoisotopic (exact) mass is 278 g/mol. The summed E-state index contributed by atoms with van der Waals surface area (Å²) in [6.07, 6.45) is -0.715. The molecule has 0 aliphatic rings. The molecule has 0 spiro atoms. The maximum Gasteiger partial charge on any atom is 0.132 e. The Balaban J connectivity index is 2.38. The van der Waals surface area contributed by atoms with Gasteiger partial charge in [0.05, 0.1) is 18.1 Å². The van der Waals surface area contributed by atoms with E-state index in [4.69, 9.17) is 4.74 Å². The Morgan fingerprint density at radius 3 is 2.58 bits per heavy atom. The van der Waals surface area contributed by atoms with Crippen LogP contribution in [0.2, 0.25) is 0 Å². The van der Waals surface area contributed by atoms with Crippen LogP contribution >= 0.6 is 11.8 Å². The number of benzene rings is 2. The second-order valence-electron chi connectivity index (χ2n) is 4.11. The first kappa shape index (κ1) is 13.9. The summed E-state index contributed by atoms with van der Waals surface area (Å²) in [5, 5.41) is 9.72. The second-order valence-corrected chi connectivity index (χ2v) is 5.19. The third-order valence-electron chi connectivity index (χ3n) is 2.71. The maximum atomic E-state index is 13.2. The zero-order valence-corrected chi connectivity index (χ0v) is 11.6. The Labute approximate surface area is 116 Å². The average Bonchev–Trinajstić information content (AvgIpc) is 2.41. The topological polar surface area (TPSA) is 29.5 Å². The number of halogens is 1. The molecule has 4 heteroatoms. The quantitative estimate of drug-likeness (QED) is 0.915. The highest BCUT2D eigenvalue weighted by Gasteiger charge is 2.12. The summed E-state index contributed by atoms with van der Waals surface area (Å²) in [4.78, 5) is 1.75. The van der Waals surface area contributed by atoms with E-state index in [1.54, 1.807) is 20.1 Å². The third-order valence-corrected chi connectivity index (χ3v) is 3.86. The van der Waals surface area contributed by atoms with Gasteiger partial charge in [0.1, 0.15) is 11.6 Å². The standard InChI is InChI=1S/C15H15FO2S/c1-10(17)12-9-11(16)7-8-14(12)19-15-6-4-3-5-13(15)18-2/h3-10,17H,1-2H3/t10-/m0/s1. The number of ether oxygens (including phenoxy) is 1. The van der Waals surface area contributed by atoms with Crippen molar-refractivity contribution >= 4 is 11.8 Å². The lowest BCUT2D eigenvalue weighted by molar-refractivity contribution is 0.196. The summed E-state index contributed by atoms with van der Waals surface area (Å²) in [6.45, 7) is 1.63. The van der Waals surface area contributed by atoms with Gasteiger partial charge in [-0.3, -0.25) is 0 Å². The van der Waals surface area contributed by atoms with E-state index in [0.717, 1.165) is 15.5 Å². The number of hydrogen-bond acceptors (Lipinski definition) is 3. The van der Waals surface area contributed by atoms with Gasteiger partial charge in [-0.25, -0.2) is 4.39 Å². The molecule has 0 fully saturated rings. The van der Waals surface area contributed by atoms with E-state index in [1.165, 1.54) is 23.9 Å². The average molecular weight is 278 g/mol. The zero-order chi connectivity index (χ0) is 13.8. The highest BCUT2D eigenvalue weighted by molar-refractivity contribution is 7.99. The minimum absolute atomic E-state index is 0.347. The molecule has 19 heavy (non-hydrogen) atoms. The molecule has 2 nitrogen and oxygen atoms in total. The van der Waals surface area contributed by atoms with Gasteiger partial charge in [0.2, 0.25) is 0 Å². The molecule has 2 rings (SSSR count). The summed E-state index contributed by atoms with van der Waals surface area (Å²) in [5.41, 5.74) is 0.580. The van der Waals surface area contributed by atoms with E-state index in [1.807, 2.05) is 24.3 Å². The first-order chi connectivity index (χ1) is 9.11. The van der Waals surface area contributed by atoms with E-state index >= 15 is 0 Å².